The van der Waals surface area contributed by atoms with Crippen molar-refractivity contribution < 1.29 is 0 Å². The van der Waals surface area contributed by atoms with Crippen molar-refractivity contribution in [3.05, 3.63) is 52.5 Å². The minimum atomic E-state index is 0.389. The molecule has 20 heavy (non-hydrogen) atoms. The van der Waals surface area contributed by atoms with Crippen LogP contribution in [0.3, 0.4) is 0 Å². The van der Waals surface area contributed by atoms with Gasteiger partial charge in [-0.3, -0.25) is 0 Å². The molecule has 3 N–H and O–H groups in total. The number of aryl methyl sites for hydroxylation is 1. The Labute approximate surface area is 125 Å². The Morgan fingerprint density at radius 3 is 2.45 bits per heavy atom. The molecule has 0 saturated carbocycles. The van der Waals surface area contributed by atoms with Crippen molar-refractivity contribution >= 4 is 44.3 Å². The van der Waals surface area contributed by atoms with Crippen LogP contribution in [0.25, 0.3) is 11.0 Å². The molecule has 0 fully saturated rings. The summed E-state index contributed by atoms with van der Waals surface area (Å²) in [6.07, 6.45) is 0. The van der Waals surface area contributed by atoms with E-state index in [9.17, 15) is 0 Å². The molecular weight excluding hydrogens is 316 g/mol. The van der Waals surface area contributed by atoms with Crippen LogP contribution >= 0.6 is 15.9 Å². The van der Waals surface area contributed by atoms with Crippen LogP contribution in [-0.4, -0.2) is 9.97 Å². The van der Waals surface area contributed by atoms with Gasteiger partial charge in [-0.15, -0.1) is 0 Å². The van der Waals surface area contributed by atoms with E-state index in [2.05, 4.69) is 31.2 Å². The Kier molecular flexibility index (Phi) is 3.28. The number of nitrogens with zero attached hydrogens (tertiary/aromatic N) is 2. The van der Waals surface area contributed by atoms with Gasteiger partial charge < -0.3 is 11.1 Å². The van der Waals surface area contributed by atoms with E-state index < -0.39 is 0 Å². The summed E-state index contributed by atoms with van der Waals surface area (Å²) < 4.78 is 1.04. The number of hydrogen-bond donors (Lipinski definition) is 2. The van der Waals surface area contributed by atoms with Crippen molar-refractivity contribution in [1.29, 1.82) is 0 Å². The van der Waals surface area contributed by atoms with Crippen LogP contribution in [0.1, 0.15) is 5.56 Å². The van der Waals surface area contributed by atoms with Gasteiger partial charge in [-0.2, -0.15) is 0 Å². The maximum Gasteiger partial charge on any atom is 0.174 e. The van der Waals surface area contributed by atoms with Crippen molar-refractivity contribution in [2.75, 3.05) is 11.1 Å². The van der Waals surface area contributed by atoms with Crippen LogP contribution in [0.5, 0.6) is 0 Å². The van der Waals surface area contributed by atoms with E-state index in [1.807, 2.05) is 49.4 Å². The molecule has 100 valence electrons. The van der Waals surface area contributed by atoms with Gasteiger partial charge in [-0.25, -0.2) is 9.97 Å². The summed E-state index contributed by atoms with van der Waals surface area (Å²) in [7, 11) is 0. The van der Waals surface area contributed by atoms with Crippen molar-refractivity contribution in [1.82, 2.24) is 9.97 Å². The third-order valence-corrected chi connectivity index (χ3v) is 3.89. The molecule has 0 saturated heterocycles. The number of halogens is 1. The smallest absolute Gasteiger partial charge is 0.174 e. The maximum atomic E-state index is 5.95. The highest BCUT2D eigenvalue weighted by Gasteiger charge is 2.06. The molecule has 3 rings (SSSR count). The van der Waals surface area contributed by atoms with Crippen LogP contribution < -0.4 is 11.1 Å². The maximum absolute atomic E-state index is 5.95. The zero-order chi connectivity index (χ0) is 14.1. The first-order chi connectivity index (χ1) is 9.63. The Bertz CT molecular complexity index is 786. The van der Waals surface area contributed by atoms with Crippen molar-refractivity contribution in [3.63, 3.8) is 0 Å². The van der Waals surface area contributed by atoms with Crippen molar-refractivity contribution in [2.24, 2.45) is 0 Å². The van der Waals surface area contributed by atoms with Gasteiger partial charge in [0.15, 0.2) is 11.6 Å². The first kappa shape index (κ1) is 12.9. The van der Waals surface area contributed by atoms with Gasteiger partial charge in [0.05, 0.1) is 11.0 Å². The lowest BCUT2D eigenvalue weighted by Crippen LogP contribution is -2.02. The summed E-state index contributed by atoms with van der Waals surface area (Å²) in [6, 6.07) is 13.7. The van der Waals surface area contributed by atoms with Gasteiger partial charge in [-0.05, 0) is 36.8 Å². The molecule has 0 radical (unpaired) electrons. The molecule has 0 spiro atoms. The Morgan fingerprint density at radius 2 is 1.75 bits per heavy atom. The predicted octanol–water partition coefficient (Wildman–Crippen LogP) is 4.03. The summed E-state index contributed by atoms with van der Waals surface area (Å²) in [5, 5.41) is 3.20. The minimum absolute atomic E-state index is 0.389. The van der Waals surface area contributed by atoms with Gasteiger partial charge in [0.2, 0.25) is 0 Å². The highest BCUT2D eigenvalue weighted by Crippen LogP contribution is 2.26. The van der Waals surface area contributed by atoms with Gasteiger partial charge >= 0.3 is 0 Å². The SMILES string of the molecule is Cc1ccc(Nc2nc3ccccc3nc2N)cc1Br. The molecule has 2 aromatic carbocycles. The number of para-hydroxylation sites is 2. The van der Waals surface area contributed by atoms with E-state index in [0.717, 1.165) is 21.2 Å². The Morgan fingerprint density at radius 1 is 1.05 bits per heavy atom. The number of hydrogen-bond acceptors (Lipinski definition) is 4. The number of anilines is 3. The lowest BCUT2D eigenvalue weighted by atomic mass is 10.2. The van der Waals surface area contributed by atoms with Crippen LogP contribution in [0.2, 0.25) is 0 Å². The van der Waals surface area contributed by atoms with E-state index in [4.69, 9.17) is 5.73 Å². The summed E-state index contributed by atoms with van der Waals surface area (Å²) >= 11 is 3.51. The van der Waals surface area contributed by atoms with Gasteiger partial charge in [-0.1, -0.05) is 34.1 Å². The second kappa shape index (κ2) is 5.09. The quantitative estimate of drug-likeness (QED) is 0.745. The molecule has 1 aromatic heterocycles. The standard InChI is InChI=1S/C15H13BrN4/c1-9-6-7-10(8-11(9)16)18-15-14(17)19-12-4-2-3-5-13(12)20-15/h2-8H,1H3,(H2,17,19)(H,18,20). The number of fused-ring (bicyclic) bond motifs is 1. The molecule has 0 bridgehead atoms. The van der Waals surface area contributed by atoms with E-state index >= 15 is 0 Å². The largest absolute Gasteiger partial charge is 0.381 e. The monoisotopic (exact) mass is 328 g/mol. The lowest BCUT2D eigenvalue weighted by molar-refractivity contribution is 1.28. The minimum Gasteiger partial charge on any atom is -0.381 e. The van der Waals surface area contributed by atoms with Gasteiger partial charge in [0.1, 0.15) is 0 Å². The van der Waals surface area contributed by atoms with E-state index in [1.165, 1.54) is 5.56 Å². The molecule has 5 heteroatoms. The van der Waals surface area contributed by atoms with Crippen molar-refractivity contribution in [2.45, 2.75) is 6.92 Å². The number of nitrogen functional groups attached to an aromatic ring is 1. The fraction of sp³-hybridized carbons (Fsp3) is 0.0667. The summed E-state index contributed by atoms with van der Waals surface area (Å²) in [4.78, 5) is 8.86. The average Bonchev–Trinajstić information content (AvgIpc) is 2.44. The van der Waals surface area contributed by atoms with Crippen molar-refractivity contribution in [3.8, 4) is 0 Å². The third-order valence-electron chi connectivity index (χ3n) is 3.03. The molecule has 0 aliphatic rings. The molecule has 0 aliphatic carbocycles. The number of nitrogens with two attached hydrogens (primary N) is 1. The van der Waals surface area contributed by atoms with E-state index in [-0.39, 0.29) is 0 Å². The molecule has 3 aromatic rings. The third kappa shape index (κ3) is 2.44. The highest BCUT2D eigenvalue weighted by molar-refractivity contribution is 9.10. The summed E-state index contributed by atoms with van der Waals surface area (Å²) in [6.45, 7) is 2.04. The zero-order valence-electron chi connectivity index (χ0n) is 10.9. The molecule has 0 aliphatic heterocycles. The summed E-state index contributed by atoms with van der Waals surface area (Å²) in [5.41, 5.74) is 9.65. The fourth-order valence-corrected chi connectivity index (χ4v) is 2.29. The first-order valence-electron chi connectivity index (χ1n) is 6.19. The number of rotatable bonds is 2. The molecule has 0 atom stereocenters. The fourth-order valence-electron chi connectivity index (χ4n) is 1.91. The number of aromatic nitrogens is 2. The molecule has 4 nitrogen and oxygen atoms in total. The van der Waals surface area contributed by atoms with Crippen LogP contribution in [0, 0.1) is 6.92 Å². The van der Waals surface area contributed by atoms with E-state index in [0.29, 0.717) is 11.6 Å². The number of benzene rings is 2. The molecule has 0 unspecified atom stereocenters. The van der Waals surface area contributed by atoms with Crippen LogP contribution in [0.4, 0.5) is 17.3 Å². The summed E-state index contributed by atoms with van der Waals surface area (Å²) in [5.74, 6) is 0.958. The van der Waals surface area contributed by atoms with Gasteiger partial charge in [0.25, 0.3) is 0 Å². The Balaban J connectivity index is 2.01. The van der Waals surface area contributed by atoms with Crippen LogP contribution in [-0.2, 0) is 0 Å². The van der Waals surface area contributed by atoms with Crippen LogP contribution in [0.15, 0.2) is 46.9 Å². The van der Waals surface area contributed by atoms with Gasteiger partial charge in [0, 0.05) is 10.2 Å². The molecular formula is C15H13BrN4. The lowest BCUT2D eigenvalue weighted by Gasteiger charge is -2.10. The van der Waals surface area contributed by atoms with E-state index in [1.54, 1.807) is 0 Å². The zero-order valence-corrected chi connectivity index (χ0v) is 12.5. The average molecular weight is 329 g/mol. The topological polar surface area (TPSA) is 63.8 Å². The first-order valence-corrected chi connectivity index (χ1v) is 6.98. The second-order valence-corrected chi connectivity index (χ2v) is 5.39. The second-order valence-electron chi connectivity index (χ2n) is 4.54. The molecule has 1 heterocycles. The highest BCUT2D eigenvalue weighted by atomic mass is 79.9. The molecule has 0 amide bonds. The number of nitrogens with one attached hydrogen (secondary N) is 1. The Hall–Kier alpha value is -2.14. The predicted molar refractivity (Wildman–Crippen MR) is 86.1 cm³/mol. The normalized spacial score (nSPS) is 10.7.